The number of carbonyl (C=O) groups is 3. The fourth-order valence-electron chi connectivity index (χ4n) is 3.21. The summed E-state index contributed by atoms with van der Waals surface area (Å²) in [5, 5.41) is 24.5. The number of nitrogens with one attached hydrogen (secondary N) is 2. The summed E-state index contributed by atoms with van der Waals surface area (Å²) in [4.78, 5) is 36.7. The van der Waals surface area contributed by atoms with Crippen LogP contribution in [0.15, 0.2) is 42.5 Å². The number of phenolic OH excluding ortho intramolecular Hbond substituents is 2. The van der Waals surface area contributed by atoms with Crippen molar-refractivity contribution in [3.8, 4) is 11.5 Å². The number of rotatable bonds is 6. The molecular weight excluding hydrogens is 376 g/mol. The van der Waals surface area contributed by atoms with Gasteiger partial charge in [-0.05, 0) is 37.1 Å². The van der Waals surface area contributed by atoms with Gasteiger partial charge in [0, 0.05) is 12.1 Å². The van der Waals surface area contributed by atoms with E-state index in [-0.39, 0.29) is 23.3 Å². The van der Waals surface area contributed by atoms with Gasteiger partial charge in [-0.1, -0.05) is 25.0 Å². The normalized spacial score (nSPS) is 13.7. The molecule has 29 heavy (non-hydrogen) atoms. The maximum atomic E-state index is 12.5. The molecule has 1 aliphatic carbocycles. The van der Waals surface area contributed by atoms with Crippen LogP contribution in [0.25, 0.3) is 0 Å². The van der Waals surface area contributed by atoms with Crippen LogP contribution in [0, 0.1) is 0 Å². The molecule has 0 bridgehead atoms. The highest BCUT2D eigenvalue weighted by molar-refractivity contribution is 6.04. The molecule has 0 spiro atoms. The van der Waals surface area contributed by atoms with Crippen molar-refractivity contribution in [2.75, 3.05) is 11.9 Å². The third-order valence-corrected chi connectivity index (χ3v) is 4.67. The molecule has 4 N–H and O–H groups in total. The number of para-hydroxylation sites is 1. The number of aromatic hydroxyl groups is 2. The molecular formula is C21H22N2O6. The van der Waals surface area contributed by atoms with E-state index in [2.05, 4.69) is 10.6 Å². The first kappa shape index (κ1) is 20.2. The van der Waals surface area contributed by atoms with E-state index in [0.717, 1.165) is 31.7 Å². The van der Waals surface area contributed by atoms with Gasteiger partial charge in [0.15, 0.2) is 6.61 Å². The average molecular weight is 398 g/mol. The average Bonchev–Trinajstić information content (AvgIpc) is 3.19. The molecule has 0 atom stereocenters. The van der Waals surface area contributed by atoms with E-state index in [0.29, 0.717) is 11.3 Å². The molecule has 3 rings (SSSR count). The third kappa shape index (κ3) is 5.25. The van der Waals surface area contributed by atoms with Crippen LogP contribution in [0.5, 0.6) is 11.5 Å². The van der Waals surface area contributed by atoms with Crippen LogP contribution >= 0.6 is 0 Å². The lowest BCUT2D eigenvalue weighted by molar-refractivity contribution is -0.119. The Bertz CT molecular complexity index is 921. The Hall–Kier alpha value is -3.55. The largest absolute Gasteiger partial charge is 0.508 e. The number of anilines is 1. The second-order valence-electron chi connectivity index (χ2n) is 6.83. The van der Waals surface area contributed by atoms with E-state index in [9.17, 15) is 24.6 Å². The molecule has 0 radical (unpaired) electrons. The highest BCUT2D eigenvalue weighted by Crippen LogP contribution is 2.23. The second kappa shape index (κ2) is 9.09. The zero-order valence-corrected chi connectivity index (χ0v) is 15.7. The predicted octanol–water partition coefficient (Wildman–Crippen LogP) is 2.57. The molecule has 0 aliphatic heterocycles. The van der Waals surface area contributed by atoms with Crippen molar-refractivity contribution in [2.45, 2.75) is 31.7 Å². The van der Waals surface area contributed by atoms with Crippen LogP contribution < -0.4 is 10.6 Å². The summed E-state index contributed by atoms with van der Waals surface area (Å²) in [6, 6.07) is 10.1. The standard InChI is InChI=1S/C21H22N2O6/c24-14-9-10-16(18(25)11-14)21(28)29-12-19(26)23-17-8-4-3-7-15(17)20(27)22-13-5-1-2-6-13/h3-4,7-11,13,24-25H,1-2,5-6,12H2,(H,22,27)(H,23,26). The maximum absolute atomic E-state index is 12.5. The van der Waals surface area contributed by atoms with E-state index in [4.69, 9.17) is 4.74 Å². The molecule has 0 unspecified atom stereocenters. The molecule has 2 aromatic rings. The van der Waals surface area contributed by atoms with Gasteiger partial charge in [-0.25, -0.2) is 4.79 Å². The SMILES string of the molecule is O=C(COC(=O)c1ccc(O)cc1O)Nc1ccccc1C(=O)NC1CCCC1. The highest BCUT2D eigenvalue weighted by Gasteiger charge is 2.20. The van der Waals surface area contributed by atoms with Gasteiger partial charge in [-0.3, -0.25) is 9.59 Å². The van der Waals surface area contributed by atoms with E-state index in [1.165, 1.54) is 12.1 Å². The number of phenols is 2. The zero-order valence-electron chi connectivity index (χ0n) is 15.7. The van der Waals surface area contributed by atoms with Crippen LogP contribution in [0.2, 0.25) is 0 Å². The number of amides is 2. The smallest absolute Gasteiger partial charge is 0.342 e. The Kier molecular flexibility index (Phi) is 6.33. The molecule has 8 nitrogen and oxygen atoms in total. The summed E-state index contributed by atoms with van der Waals surface area (Å²) in [6.07, 6.45) is 4.07. The van der Waals surface area contributed by atoms with Crippen molar-refractivity contribution in [3.05, 3.63) is 53.6 Å². The summed E-state index contributed by atoms with van der Waals surface area (Å²) < 4.78 is 4.90. The lowest BCUT2D eigenvalue weighted by atomic mass is 10.1. The van der Waals surface area contributed by atoms with E-state index < -0.39 is 24.2 Å². The highest BCUT2D eigenvalue weighted by atomic mass is 16.5. The second-order valence-corrected chi connectivity index (χ2v) is 6.83. The predicted molar refractivity (Wildman–Crippen MR) is 105 cm³/mol. The number of hydrogen-bond donors (Lipinski definition) is 4. The van der Waals surface area contributed by atoms with Crippen molar-refractivity contribution in [1.29, 1.82) is 0 Å². The minimum absolute atomic E-state index is 0.144. The van der Waals surface area contributed by atoms with E-state index in [1.807, 2.05) is 0 Å². The fourth-order valence-corrected chi connectivity index (χ4v) is 3.21. The van der Waals surface area contributed by atoms with Crippen LogP contribution in [0.4, 0.5) is 5.69 Å². The van der Waals surface area contributed by atoms with Gasteiger partial charge >= 0.3 is 5.97 Å². The monoisotopic (exact) mass is 398 g/mol. The topological polar surface area (TPSA) is 125 Å². The van der Waals surface area contributed by atoms with Crippen LogP contribution in [0.3, 0.4) is 0 Å². The van der Waals surface area contributed by atoms with Crippen LogP contribution in [-0.4, -0.2) is 40.6 Å². The number of esters is 1. The Morgan fingerprint density at radius 3 is 2.45 bits per heavy atom. The summed E-state index contributed by atoms with van der Waals surface area (Å²) in [6.45, 7) is -0.599. The molecule has 8 heteroatoms. The molecule has 0 saturated heterocycles. The first-order valence-electron chi connectivity index (χ1n) is 9.33. The van der Waals surface area contributed by atoms with Gasteiger partial charge in [0.2, 0.25) is 0 Å². The molecule has 2 aromatic carbocycles. The van der Waals surface area contributed by atoms with E-state index in [1.54, 1.807) is 24.3 Å². The third-order valence-electron chi connectivity index (χ3n) is 4.67. The maximum Gasteiger partial charge on any atom is 0.342 e. The Labute approximate surface area is 167 Å². The Balaban J connectivity index is 1.59. The molecule has 1 aliphatic rings. The number of carbonyl (C=O) groups excluding carboxylic acids is 3. The quantitative estimate of drug-likeness (QED) is 0.554. The van der Waals surface area contributed by atoms with Gasteiger partial charge in [0.25, 0.3) is 11.8 Å². The minimum atomic E-state index is -0.912. The first-order valence-corrected chi connectivity index (χ1v) is 9.33. The van der Waals surface area contributed by atoms with Crippen LogP contribution in [-0.2, 0) is 9.53 Å². The number of hydrogen-bond acceptors (Lipinski definition) is 6. The zero-order chi connectivity index (χ0) is 20.8. The minimum Gasteiger partial charge on any atom is -0.508 e. The van der Waals surface area contributed by atoms with Crippen LogP contribution in [0.1, 0.15) is 46.4 Å². The molecule has 0 aromatic heterocycles. The number of benzene rings is 2. The molecule has 1 fully saturated rings. The number of ether oxygens (including phenoxy) is 1. The fraction of sp³-hybridized carbons (Fsp3) is 0.286. The van der Waals surface area contributed by atoms with Crippen molar-refractivity contribution >= 4 is 23.5 Å². The van der Waals surface area contributed by atoms with Gasteiger partial charge in [0.1, 0.15) is 17.1 Å². The van der Waals surface area contributed by atoms with Crippen molar-refractivity contribution in [2.24, 2.45) is 0 Å². The Morgan fingerprint density at radius 2 is 1.72 bits per heavy atom. The van der Waals surface area contributed by atoms with Gasteiger partial charge in [0.05, 0.1) is 11.3 Å². The lowest BCUT2D eigenvalue weighted by Gasteiger charge is -2.15. The summed E-state index contributed by atoms with van der Waals surface area (Å²) in [7, 11) is 0. The lowest BCUT2D eigenvalue weighted by Crippen LogP contribution is -2.33. The summed E-state index contributed by atoms with van der Waals surface area (Å²) >= 11 is 0. The van der Waals surface area contributed by atoms with Gasteiger partial charge in [-0.15, -0.1) is 0 Å². The van der Waals surface area contributed by atoms with Gasteiger partial charge < -0.3 is 25.6 Å². The van der Waals surface area contributed by atoms with Crippen molar-refractivity contribution in [3.63, 3.8) is 0 Å². The summed E-state index contributed by atoms with van der Waals surface area (Å²) in [5.74, 6) is -2.46. The first-order chi connectivity index (χ1) is 13.9. The molecule has 0 heterocycles. The Morgan fingerprint density at radius 1 is 1.00 bits per heavy atom. The van der Waals surface area contributed by atoms with Crippen molar-refractivity contribution in [1.82, 2.24) is 5.32 Å². The summed E-state index contributed by atoms with van der Waals surface area (Å²) in [5.41, 5.74) is 0.471. The van der Waals surface area contributed by atoms with Gasteiger partial charge in [-0.2, -0.15) is 0 Å². The van der Waals surface area contributed by atoms with E-state index >= 15 is 0 Å². The molecule has 1 saturated carbocycles. The molecule has 2 amide bonds. The van der Waals surface area contributed by atoms with Crippen molar-refractivity contribution < 1.29 is 29.3 Å². The molecule has 152 valence electrons.